The molecule has 0 aliphatic rings. The Hall–Kier alpha value is -2.07. The van der Waals surface area contributed by atoms with Crippen molar-refractivity contribution >= 4 is 33.6 Å². The molecule has 0 aromatic heterocycles. The van der Waals surface area contributed by atoms with Crippen molar-refractivity contribution in [3.8, 4) is 6.07 Å². The number of benzene rings is 1. The van der Waals surface area contributed by atoms with E-state index < -0.39 is 17.5 Å². The van der Waals surface area contributed by atoms with Crippen LogP contribution in [-0.2, 0) is 4.79 Å². The van der Waals surface area contributed by atoms with Crippen molar-refractivity contribution in [2.75, 3.05) is 5.32 Å². The van der Waals surface area contributed by atoms with Crippen molar-refractivity contribution < 1.29 is 14.7 Å². The third kappa shape index (κ3) is 5.83. The summed E-state index contributed by atoms with van der Waals surface area (Å²) in [5.74, 6) is -0.903. The molecule has 0 saturated carbocycles. The second kappa shape index (κ2) is 7.09. The van der Waals surface area contributed by atoms with E-state index in [9.17, 15) is 9.59 Å². The summed E-state index contributed by atoms with van der Waals surface area (Å²) in [6.07, 6.45) is 0.304. The van der Waals surface area contributed by atoms with Crippen molar-refractivity contribution in [1.29, 1.82) is 5.26 Å². The van der Waals surface area contributed by atoms with Crippen LogP contribution >= 0.6 is 15.9 Å². The number of urea groups is 1. The lowest BCUT2D eigenvalue weighted by Gasteiger charge is -2.25. The highest BCUT2D eigenvalue weighted by Gasteiger charge is 2.21. The Morgan fingerprint density at radius 3 is 2.62 bits per heavy atom. The lowest BCUT2D eigenvalue weighted by atomic mass is 9.99. The Bertz CT molecular complexity index is 594. The summed E-state index contributed by atoms with van der Waals surface area (Å²) >= 11 is 3.27. The lowest BCUT2D eigenvalue weighted by molar-refractivity contribution is -0.137. The molecule has 0 radical (unpaired) electrons. The fourth-order valence-electron chi connectivity index (χ4n) is 1.63. The first-order chi connectivity index (χ1) is 9.73. The zero-order chi connectivity index (χ0) is 16.0. The van der Waals surface area contributed by atoms with E-state index in [4.69, 9.17) is 10.4 Å². The number of hydrogen-bond donors (Lipinski definition) is 3. The predicted octanol–water partition coefficient (Wildman–Crippen LogP) is 3.09. The molecule has 0 spiro atoms. The van der Waals surface area contributed by atoms with Gasteiger partial charge in [-0.1, -0.05) is 0 Å². The van der Waals surface area contributed by atoms with Crippen molar-refractivity contribution in [1.82, 2.24) is 5.32 Å². The molecule has 0 bridgehead atoms. The molecule has 112 valence electrons. The van der Waals surface area contributed by atoms with Gasteiger partial charge in [0.2, 0.25) is 0 Å². The first-order valence-electron chi connectivity index (χ1n) is 6.24. The molecule has 3 N–H and O–H groups in total. The molecule has 0 saturated heterocycles. The van der Waals surface area contributed by atoms with Crippen LogP contribution in [0, 0.1) is 11.3 Å². The van der Waals surface area contributed by atoms with Gasteiger partial charge in [-0.25, -0.2) is 4.79 Å². The van der Waals surface area contributed by atoms with Crippen LogP contribution in [-0.4, -0.2) is 22.6 Å². The van der Waals surface area contributed by atoms with Gasteiger partial charge in [-0.15, -0.1) is 0 Å². The van der Waals surface area contributed by atoms with Crippen LogP contribution in [0.3, 0.4) is 0 Å². The second-order valence-corrected chi connectivity index (χ2v) is 6.02. The van der Waals surface area contributed by atoms with Gasteiger partial charge in [-0.2, -0.15) is 5.26 Å². The highest BCUT2D eigenvalue weighted by Crippen LogP contribution is 2.23. The van der Waals surface area contributed by atoms with Gasteiger partial charge in [0.25, 0.3) is 0 Å². The van der Waals surface area contributed by atoms with E-state index in [0.29, 0.717) is 22.1 Å². The SMILES string of the molecule is CC(C)(CCC(=O)O)NC(=O)Nc1ccc(C#N)cc1Br. The molecule has 0 heterocycles. The first kappa shape index (κ1) is 17.0. The standard InChI is InChI=1S/C14H16BrN3O3/c1-14(2,6-5-12(19)20)18-13(21)17-11-4-3-9(8-16)7-10(11)15/h3-4,7H,5-6H2,1-2H3,(H,19,20)(H2,17,18,21). The zero-order valence-corrected chi connectivity index (χ0v) is 13.3. The van der Waals surface area contributed by atoms with Crippen LogP contribution in [0.2, 0.25) is 0 Å². The lowest BCUT2D eigenvalue weighted by Crippen LogP contribution is -2.45. The number of carbonyl (C=O) groups is 2. The molecule has 1 aromatic rings. The van der Waals surface area contributed by atoms with E-state index in [2.05, 4.69) is 26.6 Å². The number of nitrogens with one attached hydrogen (secondary N) is 2. The van der Waals surface area contributed by atoms with E-state index in [1.165, 1.54) is 0 Å². The van der Waals surface area contributed by atoms with Crippen LogP contribution in [0.25, 0.3) is 0 Å². The molecule has 21 heavy (non-hydrogen) atoms. The Kier molecular flexibility index (Phi) is 5.73. The molecule has 0 unspecified atom stereocenters. The number of carboxylic acids is 1. The fourth-order valence-corrected chi connectivity index (χ4v) is 2.11. The molecule has 0 atom stereocenters. The summed E-state index contributed by atoms with van der Waals surface area (Å²) in [5, 5.41) is 22.8. The average molecular weight is 354 g/mol. The molecule has 2 amide bonds. The summed E-state index contributed by atoms with van der Waals surface area (Å²) in [5.41, 5.74) is 0.372. The van der Waals surface area contributed by atoms with Crippen molar-refractivity contribution in [3.05, 3.63) is 28.2 Å². The predicted molar refractivity (Wildman–Crippen MR) is 82.0 cm³/mol. The van der Waals surface area contributed by atoms with Crippen molar-refractivity contribution in [3.63, 3.8) is 0 Å². The molecule has 1 rings (SSSR count). The maximum Gasteiger partial charge on any atom is 0.319 e. The van der Waals surface area contributed by atoms with Crippen molar-refractivity contribution in [2.45, 2.75) is 32.2 Å². The Morgan fingerprint density at radius 2 is 2.10 bits per heavy atom. The minimum Gasteiger partial charge on any atom is -0.481 e. The molecule has 6 nitrogen and oxygen atoms in total. The van der Waals surface area contributed by atoms with E-state index in [1.807, 2.05) is 6.07 Å². The van der Waals surface area contributed by atoms with Crippen LogP contribution in [0.4, 0.5) is 10.5 Å². The maximum atomic E-state index is 11.9. The smallest absolute Gasteiger partial charge is 0.319 e. The van der Waals surface area contributed by atoms with Crippen LogP contribution in [0.5, 0.6) is 0 Å². The summed E-state index contributed by atoms with van der Waals surface area (Å²) < 4.78 is 0.597. The monoisotopic (exact) mass is 353 g/mol. The summed E-state index contributed by atoms with van der Waals surface area (Å²) in [4.78, 5) is 22.5. The summed E-state index contributed by atoms with van der Waals surface area (Å²) in [7, 11) is 0. The molecule has 0 fully saturated rings. The number of hydrogen-bond acceptors (Lipinski definition) is 3. The number of amides is 2. The average Bonchev–Trinajstić information content (AvgIpc) is 2.38. The number of nitrogens with zero attached hydrogens (tertiary/aromatic N) is 1. The van der Waals surface area contributed by atoms with E-state index in [0.717, 1.165) is 0 Å². The number of halogens is 1. The number of carbonyl (C=O) groups excluding carboxylic acids is 1. The fraction of sp³-hybridized carbons (Fsp3) is 0.357. The second-order valence-electron chi connectivity index (χ2n) is 5.16. The zero-order valence-electron chi connectivity index (χ0n) is 11.7. The highest BCUT2D eigenvalue weighted by molar-refractivity contribution is 9.10. The number of aliphatic carboxylic acids is 1. The van der Waals surface area contributed by atoms with Crippen LogP contribution < -0.4 is 10.6 Å². The van der Waals surface area contributed by atoms with Gasteiger partial charge in [-0.05, 0) is 54.4 Å². The molecular formula is C14H16BrN3O3. The summed E-state index contributed by atoms with van der Waals surface area (Å²) in [6.45, 7) is 3.51. The minimum absolute atomic E-state index is 0.0200. The Morgan fingerprint density at radius 1 is 1.43 bits per heavy atom. The van der Waals surface area contributed by atoms with Crippen LogP contribution in [0.1, 0.15) is 32.3 Å². The number of rotatable bonds is 5. The van der Waals surface area contributed by atoms with E-state index in [-0.39, 0.29) is 6.42 Å². The van der Waals surface area contributed by atoms with E-state index >= 15 is 0 Å². The van der Waals surface area contributed by atoms with Gasteiger partial charge >= 0.3 is 12.0 Å². The molecule has 1 aromatic carbocycles. The summed E-state index contributed by atoms with van der Waals surface area (Å²) in [6, 6.07) is 6.38. The number of nitriles is 1. The Labute approximate surface area is 131 Å². The minimum atomic E-state index is -0.903. The van der Waals surface area contributed by atoms with Gasteiger partial charge in [0, 0.05) is 16.4 Å². The van der Waals surface area contributed by atoms with Gasteiger partial charge < -0.3 is 15.7 Å². The van der Waals surface area contributed by atoms with Gasteiger partial charge in [-0.3, -0.25) is 4.79 Å². The van der Waals surface area contributed by atoms with Gasteiger partial charge in [0.15, 0.2) is 0 Å². The normalized spacial score (nSPS) is 10.6. The third-order valence-corrected chi connectivity index (χ3v) is 3.42. The quantitative estimate of drug-likeness (QED) is 0.756. The first-order valence-corrected chi connectivity index (χ1v) is 7.03. The third-order valence-electron chi connectivity index (χ3n) is 2.76. The molecule has 7 heteroatoms. The van der Waals surface area contributed by atoms with Crippen molar-refractivity contribution in [2.24, 2.45) is 0 Å². The van der Waals surface area contributed by atoms with Gasteiger partial charge in [0.1, 0.15) is 0 Å². The van der Waals surface area contributed by atoms with E-state index in [1.54, 1.807) is 32.0 Å². The number of anilines is 1. The number of carboxylic acid groups (broad SMARTS) is 1. The van der Waals surface area contributed by atoms with Gasteiger partial charge in [0.05, 0.1) is 17.3 Å². The maximum absolute atomic E-state index is 11.9. The topological polar surface area (TPSA) is 102 Å². The van der Waals surface area contributed by atoms with Crippen LogP contribution in [0.15, 0.2) is 22.7 Å². The Balaban J connectivity index is 2.65. The highest BCUT2D eigenvalue weighted by atomic mass is 79.9. The molecular weight excluding hydrogens is 338 g/mol. The molecule has 0 aliphatic heterocycles. The molecule has 0 aliphatic carbocycles. The largest absolute Gasteiger partial charge is 0.481 e.